The molecular formula is C6H12O2. The van der Waals surface area contributed by atoms with Crippen molar-refractivity contribution in [3.05, 3.63) is 13.8 Å². The summed E-state index contributed by atoms with van der Waals surface area (Å²) in [6.45, 7) is 8.05. The summed E-state index contributed by atoms with van der Waals surface area (Å²) >= 11 is 0. The zero-order valence-electron chi connectivity index (χ0n) is 5.06. The second kappa shape index (κ2) is 6.92. The molecule has 0 aliphatic heterocycles. The minimum absolute atomic E-state index is 0.372. The smallest absolute Gasteiger partial charge is 0.0823 e. The normalized spacial score (nSPS) is 9.75. The topological polar surface area (TPSA) is 18.5 Å². The van der Waals surface area contributed by atoms with Gasteiger partial charge in [-0.3, -0.25) is 0 Å². The van der Waals surface area contributed by atoms with Crippen LogP contribution in [-0.4, -0.2) is 13.2 Å². The van der Waals surface area contributed by atoms with Gasteiger partial charge in [0.25, 0.3) is 0 Å². The van der Waals surface area contributed by atoms with Gasteiger partial charge in [-0.1, -0.05) is 13.3 Å². The van der Waals surface area contributed by atoms with Crippen molar-refractivity contribution in [2.24, 2.45) is 0 Å². The van der Waals surface area contributed by atoms with Gasteiger partial charge in [-0.2, -0.15) is 0 Å². The van der Waals surface area contributed by atoms with E-state index in [0.29, 0.717) is 13.2 Å². The Bertz CT molecular complexity index is 31.5. The lowest BCUT2D eigenvalue weighted by molar-refractivity contribution is -0.287. The van der Waals surface area contributed by atoms with Crippen LogP contribution in [0.3, 0.4) is 0 Å². The average molecular weight is 116 g/mol. The third-order valence-electron chi connectivity index (χ3n) is 0.644. The predicted octanol–water partition coefficient (Wildman–Crippen LogP) is 1.38. The lowest BCUT2D eigenvalue weighted by Gasteiger charge is -1.97. The highest BCUT2D eigenvalue weighted by Crippen LogP contribution is 1.86. The van der Waals surface area contributed by atoms with Crippen molar-refractivity contribution in [2.45, 2.75) is 12.8 Å². The Hall–Kier alpha value is -0.0800. The van der Waals surface area contributed by atoms with E-state index in [1.54, 1.807) is 0 Å². The van der Waals surface area contributed by atoms with Gasteiger partial charge < -0.3 is 0 Å². The molecule has 2 nitrogen and oxygen atoms in total. The molecule has 0 bridgehead atoms. The summed E-state index contributed by atoms with van der Waals surface area (Å²) in [6.07, 6.45) is 1.83. The molecule has 0 unspecified atom stereocenters. The molecular weight excluding hydrogens is 104 g/mol. The first kappa shape index (κ1) is 7.92. The van der Waals surface area contributed by atoms with Gasteiger partial charge in [0.05, 0.1) is 13.2 Å². The van der Waals surface area contributed by atoms with Crippen molar-refractivity contribution >= 4 is 0 Å². The van der Waals surface area contributed by atoms with Crippen molar-refractivity contribution in [1.29, 1.82) is 0 Å². The molecule has 0 aliphatic carbocycles. The molecule has 0 atom stereocenters. The molecule has 0 saturated carbocycles. The van der Waals surface area contributed by atoms with E-state index < -0.39 is 0 Å². The van der Waals surface area contributed by atoms with Gasteiger partial charge >= 0.3 is 0 Å². The molecule has 0 heterocycles. The summed E-state index contributed by atoms with van der Waals surface area (Å²) < 4.78 is 0. The van der Waals surface area contributed by atoms with E-state index in [9.17, 15) is 0 Å². The summed E-state index contributed by atoms with van der Waals surface area (Å²) in [7, 11) is 0. The third-order valence-corrected chi connectivity index (χ3v) is 0.644. The van der Waals surface area contributed by atoms with Crippen LogP contribution in [0.1, 0.15) is 12.8 Å². The number of hydrogen-bond acceptors (Lipinski definition) is 2. The molecule has 0 N–H and O–H groups in total. The second-order valence-electron chi connectivity index (χ2n) is 1.35. The van der Waals surface area contributed by atoms with E-state index in [1.165, 1.54) is 0 Å². The highest BCUT2D eigenvalue weighted by Gasteiger charge is 1.82. The number of rotatable bonds is 5. The van der Waals surface area contributed by atoms with E-state index in [-0.39, 0.29) is 0 Å². The Kier molecular flexibility index (Phi) is 6.85. The van der Waals surface area contributed by atoms with Crippen LogP contribution in [0.25, 0.3) is 0 Å². The molecule has 0 aromatic heterocycles. The maximum atomic E-state index is 4.62. The fourth-order valence-corrected chi connectivity index (χ4v) is 0.279. The standard InChI is InChI=1S/C6H12O2/c1-3-5-6-8-7-4-2/h1-6H2. The molecule has 0 amide bonds. The summed E-state index contributed by atoms with van der Waals surface area (Å²) in [6, 6.07) is 0. The molecule has 2 heteroatoms. The van der Waals surface area contributed by atoms with Crippen LogP contribution in [0.5, 0.6) is 0 Å². The molecule has 0 aromatic carbocycles. The second-order valence-corrected chi connectivity index (χ2v) is 1.35. The maximum absolute atomic E-state index is 4.62. The minimum atomic E-state index is 0.372. The molecule has 0 fully saturated rings. The van der Waals surface area contributed by atoms with Crippen molar-refractivity contribution in [3.8, 4) is 0 Å². The van der Waals surface area contributed by atoms with Gasteiger partial charge in [-0.25, -0.2) is 9.78 Å². The van der Waals surface area contributed by atoms with Crippen LogP contribution in [-0.2, 0) is 9.78 Å². The van der Waals surface area contributed by atoms with E-state index in [0.717, 1.165) is 12.8 Å². The van der Waals surface area contributed by atoms with Crippen LogP contribution < -0.4 is 0 Å². The summed E-state index contributed by atoms with van der Waals surface area (Å²) in [5.74, 6) is 0. The highest BCUT2D eigenvalue weighted by atomic mass is 17.2. The van der Waals surface area contributed by atoms with Crippen LogP contribution in [0.4, 0.5) is 0 Å². The third kappa shape index (κ3) is 5.92. The lowest BCUT2D eigenvalue weighted by atomic mass is 10.4. The first-order chi connectivity index (χ1) is 3.91. The molecule has 2 radical (unpaired) electrons. The van der Waals surface area contributed by atoms with Crippen LogP contribution in [0, 0.1) is 13.8 Å². The Balaban J connectivity index is 2.53. The molecule has 0 rings (SSSR count). The Labute approximate surface area is 50.7 Å². The zero-order chi connectivity index (χ0) is 6.24. The van der Waals surface area contributed by atoms with Gasteiger partial charge in [0.2, 0.25) is 0 Å². The lowest BCUT2D eigenvalue weighted by Crippen LogP contribution is -1.94. The first-order valence-electron chi connectivity index (χ1n) is 2.74. The van der Waals surface area contributed by atoms with Crippen molar-refractivity contribution in [3.63, 3.8) is 0 Å². The Morgan fingerprint density at radius 2 is 1.88 bits per heavy atom. The van der Waals surface area contributed by atoms with Gasteiger partial charge in [-0.05, 0) is 13.3 Å². The fraction of sp³-hybridized carbons (Fsp3) is 0.667. The van der Waals surface area contributed by atoms with Gasteiger partial charge in [0, 0.05) is 0 Å². The van der Waals surface area contributed by atoms with Crippen molar-refractivity contribution < 1.29 is 9.78 Å². The van der Waals surface area contributed by atoms with Gasteiger partial charge in [0.1, 0.15) is 0 Å². The average Bonchev–Trinajstić information content (AvgIpc) is 1.81. The summed E-state index contributed by atoms with van der Waals surface area (Å²) in [5, 5.41) is 0. The Morgan fingerprint density at radius 3 is 2.38 bits per heavy atom. The number of hydrogen-bond donors (Lipinski definition) is 0. The minimum Gasteiger partial charge on any atom is -0.237 e. The quantitative estimate of drug-likeness (QED) is 0.307. The SMILES string of the molecule is [CH2]CCCOOC[CH2]. The molecule has 0 saturated heterocycles. The highest BCUT2D eigenvalue weighted by molar-refractivity contribution is 4.36. The zero-order valence-corrected chi connectivity index (χ0v) is 5.06. The number of unbranched alkanes of at least 4 members (excludes halogenated alkanes) is 1. The van der Waals surface area contributed by atoms with Crippen LogP contribution in [0.2, 0.25) is 0 Å². The molecule has 8 heavy (non-hydrogen) atoms. The largest absolute Gasteiger partial charge is 0.237 e. The van der Waals surface area contributed by atoms with Crippen LogP contribution >= 0.6 is 0 Å². The van der Waals surface area contributed by atoms with Gasteiger partial charge in [0.15, 0.2) is 0 Å². The first-order valence-corrected chi connectivity index (χ1v) is 2.74. The fourth-order valence-electron chi connectivity index (χ4n) is 0.279. The maximum Gasteiger partial charge on any atom is 0.0823 e. The molecule has 48 valence electrons. The van der Waals surface area contributed by atoms with E-state index in [4.69, 9.17) is 0 Å². The summed E-state index contributed by atoms with van der Waals surface area (Å²) in [5.41, 5.74) is 0. The summed E-state index contributed by atoms with van der Waals surface area (Å²) in [4.78, 5) is 9.12. The van der Waals surface area contributed by atoms with E-state index in [1.807, 2.05) is 0 Å². The van der Waals surface area contributed by atoms with Gasteiger partial charge in [-0.15, -0.1) is 0 Å². The van der Waals surface area contributed by atoms with Crippen molar-refractivity contribution in [2.75, 3.05) is 13.2 Å². The Morgan fingerprint density at radius 1 is 1.12 bits per heavy atom. The van der Waals surface area contributed by atoms with E-state index in [2.05, 4.69) is 23.6 Å². The molecule has 0 spiro atoms. The van der Waals surface area contributed by atoms with Crippen molar-refractivity contribution in [1.82, 2.24) is 0 Å². The van der Waals surface area contributed by atoms with E-state index >= 15 is 0 Å². The van der Waals surface area contributed by atoms with Crippen LogP contribution in [0.15, 0.2) is 0 Å². The predicted molar refractivity (Wildman–Crippen MR) is 31.9 cm³/mol. The monoisotopic (exact) mass is 116 g/mol. The molecule has 0 aliphatic rings. The molecule has 0 aromatic rings.